The maximum Gasteiger partial charge on any atom is 0.306 e. The second-order valence-electron chi connectivity index (χ2n) is 17.4. The van der Waals surface area contributed by atoms with Crippen molar-refractivity contribution in [2.24, 2.45) is 0 Å². The quantitative estimate of drug-likeness (QED) is 0.0263. The van der Waals surface area contributed by atoms with E-state index in [4.69, 9.17) is 14.2 Å². The van der Waals surface area contributed by atoms with E-state index in [0.717, 1.165) is 70.6 Å². The Kier molecular flexibility index (Phi) is 46.8. The fourth-order valence-electron chi connectivity index (χ4n) is 7.60. The third kappa shape index (κ3) is 46.8. The van der Waals surface area contributed by atoms with Gasteiger partial charge in [0.15, 0.2) is 6.10 Å². The average Bonchev–Trinajstić information content (AvgIpc) is 3.23. The van der Waals surface area contributed by atoms with E-state index in [1.54, 1.807) is 0 Å². The molecule has 0 aliphatic carbocycles. The molecule has 0 saturated carbocycles. The van der Waals surface area contributed by atoms with Crippen molar-refractivity contribution in [1.29, 1.82) is 0 Å². The summed E-state index contributed by atoms with van der Waals surface area (Å²) in [7, 11) is 0. The van der Waals surface area contributed by atoms with E-state index in [9.17, 15) is 14.4 Å². The summed E-state index contributed by atoms with van der Waals surface area (Å²) in [6.07, 6.45) is 54.6. The molecule has 0 aromatic heterocycles. The van der Waals surface area contributed by atoms with Crippen LogP contribution in [0.5, 0.6) is 0 Å². The lowest BCUT2D eigenvalue weighted by atomic mass is 10.0. The Bertz CT molecular complexity index is 958. The Hall–Kier alpha value is -2.11. The zero-order chi connectivity index (χ0) is 43.0. The predicted molar refractivity (Wildman–Crippen MR) is 252 cm³/mol. The van der Waals surface area contributed by atoms with Crippen LogP contribution in [0.2, 0.25) is 0 Å². The van der Waals surface area contributed by atoms with Crippen LogP contribution in [0.4, 0.5) is 0 Å². The summed E-state index contributed by atoms with van der Waals surface area (Å²) in [6, 6.07) is 0. The molecule has 59 heavy (non-hydrogen) atoms. The minimum Gasteiger partial charge on any atom is -0.462 e. The predicted octanol–water partition coefficient (Wildman–Crippen LogP) is 16.8. The molecule has 0 saturated heterocycles. The zero-order valence-corrected chi connectivity index (χ0v) is 39.5. The Morgan fingerprint density at radius 1 is 0.356 bits per heavy atom. The Morgan fingerprint density at radius 3 is 1.02 bits per heavy atom. The van der Waals surface area contributed by atoms with Gasteiger partial charge in [0.1, 0.15) is 13.2 Å². The highest BCUT2D eigenvalue weighted by Gasteiger charge is 2.19. The maximum absolute atomic E-state index is 12.8. The minimum absolute atomic E-state index is 0.0765. The van der Waals surface area contributed by atoms with E-state index in [-0.39, 0.29) is 31.1 Å². The Balaban J connectivity index is 4.26. The highest BCUT2D eigenvalue weighted by molar-refractivity contribution is 5.71. The summed E-state index contributed by atoms with van der Waals surface area (Å²) < 4.78 is 16.7. The summed E-state index contributed by atoms with van der Waals surface area (Å²) in [6.45, 7) is 6.52. The van der Waals surface area contributed by atoms with Gasteiger partial charge in [0, 0.05) is 19.3 Å². The average molecular weight is 831 g/mol. The first-order chi connectivity index (χ1) is 29.0. The van der Waals surface area contributed by atoms with Crippen molar-refractivity contribution >= 4 is 17.9 Å². The molecule has 1 atom stereocenters. The van der Waals surface area contributed by atoms with Crippen molar-refractivity contribution in [2.75, 3.05) is 13.2 Å². The maximum atomic E-state index is 12.8. The van der Waals surface area contributed by atoms with E-state index in [1.807, 2.05) is 0 Å². The van der Waals surface area contributed by atoms with Crippen LogP contribution in [0.15, 0.2) is 24.3 Å². The van der Waals surface area contributed by atoms with Crippen molar-refractivity contribution in [3.63, 3.8) is 0 Å². The molecule has 0 rings (SSSR count). The van der Waals surface area contributed by atoms with Gasteiger partial charge >= 0.3 is 17.9 Å². The van der Waals surface area contributed by atoms with Gasteiger partial charge in [0.25, 0.3) is 0 Å². The fourth-order valence-corrected chi connectivity index (χ4v) is 7.60. The molecule has 1 unspecified atom stereocenters. The summed E-state index contributed by atoms with van der Waals surface area (Å²) in [5.41, 5.74) is 0. The van der Waals surface area contributed by atoms with Gasteiger partial charge in [-0.05, 0) is 44.9 Å². The number of allylic oxidation sites excluding steroid dienone is 4. The van der Waals surface area contributed by atoms with Crippen LogP contribution in [0.3, 0.4) is 0 Å². The molecule has 346 valence electrons. The molecule has 0 radical (unpaired) electrons. The first kappa shape index (κ1) is 56.9. The summed E-state index contributed by atoms with van der Waals surface area (Å²) in [5.74, 6) is -0.901. The second kappa shape index (κ2) is 48.6. The van der Waals surface area contributed by atoms with Gasteiger partial charge in [-0.1, -0.05) is 238 Å². The highest BCUT2D eigenvalue weighted by atomic mass is 16.6. The highest BCUT2D eigenvalue weighted by Crippen LogP contribution is 2.16. The lowest BCUT2D eigenvalue weighted by Gasteiger charge is -2.18. The number of rotatable bonds is 47. The van der Waals surface area contributed by atoms with Gasteiger partial charge in [0.05, 0.1) is 0 Å². The van der Waals surface area contributed by atoms with Crippen LogP contribution >= 0.6 is 0 Å². The molecule has 0 aromatic rings. The molecule has 0 bridgehead atoms. The third-order valence-corrected chi connectivity index (χ3v) is 11.5. The fraction of sp³-hybridized carbons (Fsp3) is 0.868. The van der Waals surface area contributed by atoms with E-state index >= 15 is 0 Å². The first-order valence-electron chi connectivity index (χ1n) is 25.8. The van der Waals surface area contributed by atoms with Gasteiger partial charge in [-0.15, -0.1) is 0 Å². The van der Waals surface area contributed by atoms with Crippen LogP contribution in [0.25, 0.3) is 0 Å². The molecular formula is C53H98O6. The Morgan fingerprint density at radius 2 is 0.661 bits per heavy atom. The molecule has 6 heteroatoms. The van der Waals surface area contributed by atoms with Crippen molar-refractivity contribution in [2.45, 2.75) is 284 Å². The Labute approximate surface area is 366 Å². The smallest absolute Gasteiger partial charge is 0.306 e. The molecule has 0 amide bonds. The molecule has 0 aromatic carbocycles. The minimum atomic E-state index is -0.776. The van der Waals surface area contributed by atoms with Gasteiger partial charge in [-0.2, -0.15) is 0 Å². The van der Waals surface area contributed by atoms with Crippen molar-refractivity contribution in [3.8, 4) is 0 Å². The largest absolute Gasteiger partial charge is 0.462 e. The number of unbranched alkanes of at least 4 members (excludes halogenated alkanes) is 32. The third-order valence-electron chi connectivity index (χ3n) is 11.5. The van der Waals surface area contributed by atoms with Gasteiger partial charge < -0.3 is 14.2 Å². The van der Waals surface area contributed by atoms with Crippen molar-refractivity contribution in [1.82, 2.24) is 0 Å². The molecule has 0 spiro atoms. The van der Waals surface area contributed by atoms with E-state index in [0.29, 0.717) is 19.3 Å². The summed E-state index contributed by atoms with van der Waals surface area (Å²) in [4.78, 5) is 37.8. The number of hydrogen-bond acceptors (Lipinski definition) is 6. The topological polar surface area (TPSA) is 78.9 Å². The van der Waals surface area contributed by atoms with Gasteiger partial charge in [0.2, 0.25) is 0 Å². The lowest BCUT2D eigenvalue weighted by molar-refractivity contribution is -0.167. The van der Waals surface area contributed by atoms with Crippen LogP contribution < -0.4 is 0 Å². The van der Waals surface area contributed by atoms with E-state index < -0.39 is 6.10 Å². The van der Waals surface area contributed by atoms with Gasteiger partial charge in [-0.25, -0.2) is 0 Å². The SMILES string of the molecule is CC/C=C\C/C=C\CCCCC(=O)OCC(COC(=O)CCCCCCCCCCCCCCCCCCCC)OC(=O)CCCCCCCCCCCCCCCC. The summed E-state index contributed by atoms with van der Waals surface area (Å²) >= 11 is 0. The molecule has 0 fully saturated rings. The van der Waals surface area contributed by atoms with E-state index in [2.05, 4.69) is 45.1 Å². The molecule has 0 heterocycles. The molecule has 0 aliphatic rings. The van der Waals surface area contributed by atoms with Crippen LogP contribution in [0.1, 0.15) is 278 Å². The van der Waals surface area contributed by atoms with Crippen LogP contribution in [-0.2, 0) is 28.6 Å². The molecular weight excluding hydrogens is 733 g/mol. The van der Waals surface area contributed by atoms with Gasteiger partial charge in [-0.3, -0.25) is 14.4 Å². The van der Waals surface area contributed by atoms with Crippen LogP contribution in [0, 0.1) is 0 Å². The number of carbonyl (C=O) groups is 3. The molecule has 6 nitrogen and oxygen atoms in total. The molecule has 0 N–H and O–H groups in total. The number of ether oxygens (including phenoxy) is 3. The number of hydrogen-bond donors (Lipinski definition) is 0. The normalized spacial score (nSPS) is 12.1. The molecule has 0 aliphatic heterocycles. The standard InChI is InChI=1S/C53H98O6/c1-4-7-10-13-16-19-21-23-25-26-27-28-30-31-34-37-40-43-46-52(55)58-49-50(48-57-51(54)45-42-39-36-33-18-15-12-9-6-3)59-53(56)47-44-41-38-35-32-29-24-22-20-17-14-11-8-5-2/h9,12,18,33,50H,4-8,10-11,13-17,19-32,34-49H2,1-3H3/b12-9-,33-18-. The van der Waals surface area contributed by atoms with Crippen molar-refractivity contribution in [3.05, 3.63) is 24.3 Å². The number of carbonyl (C=O) groups excluding carboxylic acids is 3. The zero-order valence-electron chi connectivity index (χ0n) is 39.5. The lowest BCUT2D eigenvalue weighted by Crippen LogP contribution is -2.30. The number of esters is 3. The van der Waals surface area contributed by atoms with Crippen LogP contribution in [-0.4, -0.2) is 37.2 Å². The second-order valence-corrected chi connectivity index (χ2v) is 17.4. The first-order valence-corrected chi connectivity index (χ1v) is 25.8. The summed E-state index contributed by atoms with van der Waals surface area (Å²) in [5, 5.41) is 0. The van der Waals surface area contributed by atoms with E-state index in [1.165, 1.54) is 167 Å². The van der Waals surface area contributed by atoms with Crippen molar-refractivity contribution < 1.29 is 28.6 Å². The monoisotopic (exact) mass is 831 g/mol.